The predicted molar refractivity (Wildman–Crippen MR) is 74.3 cm³/mol. The Bertz CT molecular complexity index is 451. The molecule has 118 valence electrons. The third-order valence-electron chi connectivity index (χ3n) is 3.52. The Kier molecular flexibility index (Phi) is 5.47. The quantitative estimate of drug-likeness (QED) is 0.847. The summed E-state index contributed by atoms with van der Waals surface area (Å²) in [6.07, 6.45) is -2.63. The summed E-state index contributed by atoms with van der Waals surface area (Å²) in [4.78, 5) is 2.11. The molecule has 0 amide bonds. The van der Waals surface area contributed by atoms with Gasteiger partial charge in [-0.3, -0.25) is 0 Å². The molecule has 0 bridgehead atoms. The molecule has 21 heavy (non-hydrogen) atoms. The molecule has 0 saturated carbocycles. The van der Waals surface area contributed by atoms with E-state index in [1.54, 1.807) is 0 Å². The minimum atomic E-state index is -4.26. The molecule has 0 aliphatic carbocycles. The third-order valence-corrected chi connectivity index (χ3v) is 3.52. The number of benzene rings is 1. The van der Waals surface area contributed by atoms with Crippen LogP contribution in [0.4, 0.5) is 18.9 Å². The van der Waals surface area contributed by atoms with E-state index in [1.165, 1.54) is 0 Å². The van der Waals surface area contributed by atoms with E-state index in [-0.39, 0.29) is 6.61 Å². The van der Waals surface area contributed by atoms with Gasteiger partial charge in [-0.25, -0.2) is 0 Å². The number of halogens is 3. The summed E-state index contributed by atoms with van der Waals surface area (Å²) in [5.74, 6) is 0. The molecular formula is C15H20F3NO2. The van der Waals surface area contributed by atoms with E-state index >= 15 is 0 Å². The third kappa shape index (κ3) is 4.89. The molecule has 1 aromatic carbocycles. The maximum atomic E-state index is 12.0. The fourth-order valence-electron chi connectivity index (χ4n) is 2.59. The lowest BCUT2D eigenvalue weighted by Gasteiger charge is -2.25. The molecule has 1 aliphatic heterocycles. The van der Waals surface area contributed by atoms with Crippen molar-refractivity contribution in [3.8, 4) is 0 Å². The number of alkyl halides is 3. The standard InChI is InChI=1S/C15H20F3NO2/c16-15(17,18)11-21-10-4-9-19-8-3-7-14(20)12-5-1-2-6-13(12)19/h1-2,5-6,14,20H,3-4,7-11H2. The van der Waals surface area contributed by atoms with Crippen LogP contribution < -0.4 is 4.90 Å². The Hall–Kier alpha value is -1.27. The Morgan fingerprint density at radius 2 is 2.05 bits per heavy atom. The van der Waals surface area contributed by atoms with Crippen molar-refractivity contribution in [1.82, 2.24) is 0 Å². The molecule has 0 fully saturated rings. The molecule has 6 heteroatoms. The lowest BCUT2D eigenvalue weighted by Crippen LogP contribution is -2.27. The smallest absolute Gasteiger partial charge is 0.388 e. The van der Waals surface area contributed by atoms with Gasteiger partial charge in [-0.15, -0.1) is 0 Å². The zero-order chi connectivity index (χ0) is 15.3. The van der Waals surface area contributed by atoms with E-state index in [9.17, 15) is 18.3 Å². The summed E-state index contributed by atoms with van der Waals surface area (Å²) in [5.41, 5.74) is 1.87. The summed E-state index contributed by atoms with van der Waals surface area (Å²) >= 11 is 0. The summed E-state index contributed by atoms with van der Waals surface area (Å²) < 4.78 is 40.5. The molecule has 1 aliphatic rings. The van der Waals surface area contributed by atoms with Crippen LogP contribution in [-0.2, 0) is 4.74 Å². The van der Waals surface area contributed by atoms with E-state index in [2.05, 4.69) is 9.64 Å². The molecule has 1 unspecified atom stereocenters. The molecule has 0 radical (unpaired) electrons. The molecule has 1 N–H and O–H groups in total. The van der Waals surface area contributed by atoms with E-state index in [0.717, 1.165) is 24.2 Å². The van der Waals surface area contributed by atoms with Gasteiger partial charge in [-0.05, 0) is 25.3 Å². The SMILES string of the molecule is OC1CCCN(CCCOCC(F)(F)F)c2ccccc21. The van der Waals surface area contributed by atoms with Gasteiger partial charge in [0.05, 0.1) is 6.10 Å². The van der Waals surface area contributed by atoms with Gasteiger partial charge in [-0.1, -0.05) is 18.2 Å². The molecule has 1 heterocycles. The Morgan fingerprint density at radius 1 is 1.29 bits per heavy atom. The van der Waals surface area contributed by atoms with Gasteiger partial charge in [0, 0.05) is 30.9 Å². The first-order valence-electron chi connectivity index (χ1n) is 7.14. The van der Waals surface area contributed by atoms with Crippen LogP contribution in [0.25, 0.3) is 0 Å². The normalized spacial score (nSPS) is 19.2. The van der Waals surface area contributed by atoms with Crippen LogP contribution in [0.2, 0.25) is 0 Å². The average molecular weight is 303 g/mol. The molecule has 2 rings (SSSR count). The fraction of sp³-hybridized carbons (Fsp3) is 0.600. The van der Waals surface area contributed by atoms with Crippen molar-refractivity contribution in [2.45, 2.75) is 31.5 Å². The lowest BCUT2D eigenvalue weighted by molar-refractivity contribution is -0.173. The van der Waals surface area contributed by atoms with Gasteiger partial charge in [0.2, 0.25) is 0 Å². The van der Waals surface area contributed by atoms with Crippen LogP contribution in [0.15, 0.2) is 24.3 Å². The minimum absolute atomic E-state index is 0.0841. The van der Waals surface area contributed by atoms with Gasteiger partial charge in [-0.2, -0.15) is 13.2 Å². The first-order valence-corrected chi connectivity index (χ1v) is 7.14. The van der Waals surface area contributed by atoms with Crippen LogP contribution in [0, 0.1) is 0 Å². The number of hydrogen-bond acceptors (Lipinski definition) is 3. The molecule has 0 spiro atoms. The summed E-state index contributed by atoms with van der Waals surface area (Å²) in [6.45, 7) is 0.317. The van der Waals surface area contributed by atoms with Crippen molar-refractivity contribution in [1.29, 1.82) is 0 Å². The van der Waals surface area contributed by atoms with Gasteiger partial charge in [0.1, 0.15) is 6.61 Å². The molecule has 0 saturated heterocycles. The molecule has 3 nitrogen and oxygen atoms in total. The summed E-state index contributed by atoms with van der Waals surface area (Å²) in [5, 5.41) is 10.1. The minimum Gasteiger partial charge on any atom is -0.388 e. The number of hydrogen-bond donors (Lipinski definition) is 1. The highest BCUT2D eigenvalue weighted by molar-refractivity contribution is 5.55. The Morgan fingerprint density at radius 3 is 2.81 bits per heavy atom. The zero-order valence-corrected chi connectivity index (χ0v) is 11.8. The van der Waals surface area contributed by atoms with Crippen LogP contribution in [0.5, 0.6) is 0 Å². The topological polar surface area (TPSA) is 32.7 Å². The van der Waals surface area contributed by atoms with Crippen LogP contribution >= 0.6 is 0 Å². The van der Waals surface area contributed by atoms with E-state index in [0.29, 0.717) is 19.4 Å². The van der Waals surface area contributed by atoms with Gasteiger partial charge < -0.3 is 14.7 Å². The van der Waals surface area contributed by atoms with Crippen LogP contribution in [0.3, 0.4) is 0 Å². The van der Waals surface area contributed by atoms with Gasteiger partial charge in [0.25, 0.3) is 0 Å². The average Bonchev–Trinajstić information content (AvgIpc) is 2.58. The first-order chi connectivity index (χ1) is 9.97. The molecule has 0 aromatic heterocycles. The monoisotopic (exact) mass is 303 g/mol. The van der Waals surface area contributed by atoms with Crippen LogP contribution in [0.1, 0.15) is 30.9 Å². The van der Waals surface area contributed by atoms with E-state index in [1.807, 2.05) is 24.3 Å². The Balaban J connectivity index is 1.87. The second-order valence-corrected chi connectivity index (χ2v) is 5.23. The van der Waals surface area contributed by atoms with Crippen molar-refractivity contribution in [2.24, 2.45) is 0 Å². The van der Waals surface area contributed by atoms with Crippen molar-refractivity contribution in [2.75, 3.05) is 31.2 Å². The molecule has 1 aromatic rings. The number of aliphatic hydroxyl groups excluding tert-OH is 1. The Labute approximate surface area is 122 Å². The predicted octanol–water partition coefficient (Wildman–Crippen LogP) is 3.29. The van der Waals surface area contributed by atoms with Crippen LogP contribution in [-0.4, -0.2) is 37.6 Å². The van der Waals surface area contributed by atoms with Crippen molar-refractivity contribution in [3.63, 3.8) is 0 Å². The van der Waals surface area contributed by atoms with Gasteiger partial charge >= 0.3 is 6.18 Å². The number of nitrogens with zero attached hydrogens (tertiary/aromatic N) is 1. The number of fused-ring (bicyclic) bond motifs is 1. The number of aliphatic hydroxyl groups is 1. The van der Waals surface area contributed by atoms with E-state index in [4.69, 9.17) is 0 Å². The maximum absolute atomic E-state index is 12.0. The highest BCUT2D eigenvalue weighted by Crippen LogP contribution is 2.32. The maximum Gasteiger partial charge on any atom is 0.411 e. The second-order valence-electron chi connectivity index (χ2n) is 5.23. The zero-order valence-electron chi connectivity index (χ0n) is 11.8. The second kappa shape index (κ2) is 7.13. The number of anilines is 1. The fourth-order valence-corrected chi connectivity index (χ4v) is 2.59. The highest BCUT2D eigenvalue weighted by atomic mass is 19.4. The molecular weight excluding hydrogens is 283 g/mol. The van der Waals surface area contributed by atoms with Crippen molar-refractivity contribution < 1.29 is 23.0 Å². The van der Waals surface area contributed by atoms with E-state index < -0.39 is 18.9 Å². The number of rotatable bonds is 5. The lowest BCUT2D eigenvalue weighted by atomic mass is 10.0. The molecule has 1 atom stereocenters. The van der Waals surface area contributed by atoms with Crippen molar-refractivity contribution >= 4 is 5.69 Å². The number of para-hydroxylation sites is 1. The van der Waals surface area contributed by atoms with Crippen molar-refractivity contribution in [3.05, 3.63) is 29.8 Å². The summed E-state index contributed by atoms with van der Waals surface area (Å²) in [7, 11) is 0. The first kappa shape index (κ1) is 16.1. The highest BCUT2D eigenvalue weighted by Gasteiger charge is 2.27. The number of ether oxygens (including phenoxy) is 1. The largest absolute Gasteiger partial charge is 0.411 e. The van der Waals surface area contributed by atoms with Gasteiger partial charge in [0.15, 0.2) is 0 Å². The summed E-state index contributed by atoms with van der Waals surface area (Å²) in [6, 6.07) is 7.64.